The molecule has 0 bridgehead atoms. The third-order valence-corrected chi connectivity index (χ3v) is 5.16. The molecule has 0 saturated carbocycles. The van der Waals surface area contributed by atoms with Crippen molar-refractivity contribution >= 4 is 21.8 Å². The van der Waals surface area contributed by atoms with E-state index in [2.05, 4.69) is 113 Å². The van der Waals surface area contributed by atoms with Gasteiger partial charge in [0, 0.05) is 34.5 Å². The van der Waals surface area contributed by atoms with Gasteiger partial charge in [-0.2, -0.15) is 4.57 Å². The van der Waals surface area contributed by atoms with E-state index in [1.165, 1.54) is 32.9 Å². The molecular weight excluding hydrogens is 456 g/mol. The number of benzene rings is 3. The van der Waals surface area contributed by atoms with E-state index < -0.39 is 14.8 Å². The number of halogens is 1. The average Bonchev–Trinajstić information content (AvgIpc) is 3.08. The minimum absolute atomic E-state index is 0.875. The number of hydrogen-bond donors (Lipinski definition) is 0. The number of fused-ring (bicyclic) bond motifs is 3. The Morgan fingerprint density at radius 1 is 0.645 bits per heavy atom. The van der Waals surface area contributed by atoms with Crippen molar-refractivity contribution in [2.45, 2.75) is 13.1 Å². The third kappa shape index (κ3) is 5.18. The molecule has 5 aromatic rings. The monoisotopic (exact) mass is 476 g/mol. The molecule has 0 radical (unpaired) electrons. The molecule has 2 aromatic heterocycles. The second-order valence-corrected chi connectivity index (χ2v) is 7.97. The topological polar surface area (TPSA) is 78.0 Å². The van der Waals surface area contributed by atoms with Crippen LogP contribution < -0.4 is 17.2 Å². The summed E-state index contributed by atoms with van der Waals surface area (Å²) in [6.45, 7) is 1.75. The lowest BCUT2D eigenvalue weighted by Gasteiger charge is -2.07. The smallest absolute Gasteiger partial charge is 0.216 e. The zero-order valence-corrected chi connectivity index (χ0v) is 18.3. The zero-order valence-electron chi connectivity index (χ0n) is 16.7. The second-order valence-electron chi connectivity index (χ2n) is 7.18. The van der Waals surface area contributed by atoms with Crippen molar-refractivity contribution in [3.05, 3.63) is 115 Å². The van der Waals surface area contributed by atoms with Gasteiger partial charge < -0.3 is 17.2 Å². The molecule has 5 rings (SSSR count). The van der Waals surface area contributed by atoms with Crippen LogP contribution in [0.4, 0.5) is 0 Å². The van der Waals surface area contributed by atoms with Crippen molar-refractivity contribution in [1.82, 2.24) is 4.57 Å². The standard InChI is InChI=1S/C25H21N2.BrO3/c1-3-9-20(10-4-1)17-26-16-15-23-22-13-7-8-14-24(22)27(25(23)19-26)18-21-11-5-2-6-12-21;2-1(3)4/h1-16,19H,17-18H2;/q+1;-1. The normalized spacial score (nSPS) is 11.0. The third-order valence-electron chi connectivity index (χ3n) is 5.16. The minimum atomic E-state index is -3.65. The van der Waals surface area contributed by atoms with Gasteiger partial charge in [-0.3, -0.25) is 0 Å². The first kappa shape index (κ1) is 21.2. The second kappa shape index (κ2) is 9.85. The summed E-state index contributed by atoms with van der Waals surface area (Å²) in [5, 5.41) is 2.63. The van der Waals surface area contributed by atoms with Gasteiger partial charge in [0.15, 0.2) is 18.9 Å². The first-order valence-electron chi connectivity index (χ1n) is 9.83. The molecule has 5 nitrogen and oxygen atoms in total. The van der Waals surface area contributed by atoms with Gasteiger partial charge in [0.2, 0.25) is 14.8 Å². The first-order valence-corrected chi connectivity index (χ1v) is 11.8. The fraction of sp³-hybridized carbons (Fsp3) is 0.0800. The van der Waals surface area contributed by atoms with Gasteiger partial charge in [0.25, 0.3) is 0 Å². The number of aromatic nitrogens is 2. The summed E-state index contributed by atoms with van der Waals surface area (Å²) in [5.74, 6) is 0. The maximum atomic E-state index is 8.52. The van der Waals surface area contributed by atoms with Crippen LogP contribution in [0.3, 0.4) is 0 Å². The van der Waals surface area contributed by atoms with E-state index in [4.69, 9.17) is 12.6 Å². The Morgan fingerprint density at radius 3 is 1.87 bits per heavy atom. The molecule has 0 atom stereocenters. The van der Waals surface area contributed by atoms with Crippen LogP contribution in [0.15, 0.2) is 103 Å². The van der Waals surface area contributed by atoms with Crippen LogP contribution in [0, 0.1) is 14.8 Å². The van der Waals surface area contributed by atoms with Crippen molar-refractivity contribution in [2.75, 3.05) is 0 Å². The average molecular weight is 477 g/mol. The predicted molar refractivity (Wildman–Crippen MR) is 111 cm³/mol. The highest BCUT2D eigenvalue weighted by molar-refractivity contribution is 6.07. The van der Waals surface area contributed by atoms with E-state index >= 15 is 0 Å². The fourth-order valence-electron chi connectivity index (χ4n) is 3.86. The van der Waals surface area contributed by atoms with Gasteiger partial charge in [0.05, 0.1) is 0 Å². The van der Waals surface area contributed by atoms with Gasteiger partial charge >= 0.3 is 0 Å². The van der Waals surface area contributed by atoms with Crippen molar-refractivity contribution < 1.29 is 32.0 Å². The minimum Gasteiger partial charge on any atom is -0.405 e. The molecule has 0 aliphatic carbocycles. The molecule has 0 spiro atoms. The lowest BCUT2D eigenvalue weighted by Crippen LogP contribution is -2.42. The summed E-state index contributed by atoms with van der Waals surface area (Å²) in [6.07, 6.45) is 4.47. The van der Waals surface area contributed by atoms with Gasteiger partial charge in [-0.25, -0.2) is 0 Å². The molecule has 156 valence electrons. The van der Waals surface area contributed by atoms with Gasteiger partial charge in [-0.1, -0.05) is 78.9 Å². The van der Waals surface area contributed by atoms with Crippen LogP contribution in [0.25, 0.3) is 21.8 Å². The summed E-state index contributed by atoms with van der Waals surface area (Å²) in [7, 11) is 0. The van der Waals surface area contributed by atoms with Crippen LogP contribution >= 0.6 is 0 Å². The molecule has 0 unspecified atom stereocenters. The van der Waals surface area contributed by atoms with Gasteiger partial charge in [0.1, 0.15) is 5.52 Å². The highest BCUT2D eigenvalue weighted by Crippen LogP contribution is 2.28. The van der Waals surface area contributed by atoms with Crippen LogP contribution in [0.1, 0.15) is 11.1 Å². The van der Waals surface area contributed by atoms with E-state index in [-0.39, 0.29) is 0 Å². The Hall–Kier alpha value is -3.03. The van der Waals surface area contributed by atoms with E-state index in [9.17, 15) is 0 Å². The largest absolute Gasteiger partial charge is 0.405 e. The molecular formula is C25H21BrN2O3. The van der Waals surface area contributed by atoms with Crippen molar-refractivity contribution in [3.8, 4) is 0 Å². The Labute approximate surface area is 185 Å². The quantitative estimate of drug-likeness (QED) is 0.369. The van der Waals surface area contributed by atoms with E-state index in [1.54, 1.807) is 0 Å². The van der Waals surface area contributed by atoms with E-state index in [0.29, 0.717) is 0 Å². The highest BCUT2D eigenvalue weighted by Gasteiger charge is 2.14. The predicted octanol–water partition coefficient (Wildman–Crippen LogP) is 1.61. The van der Waals surface area contributed by atoms with E-state index in [0.717, 1.165) is 13.1 Å². The van der Waals surface area contributed by atoms with E-state index in [1.807, 2.05) is 0 Å². The number of nitrogens with zero attached hydrogens (tertiary/aromatic N) is 2. The molecule has 6 heteroatoms. The van der Waals surface area contributed by atoms with Gasteiger partial charge in [-0.05, 0) is 11.6 Å². The fourth-order valence-corrected chi connectivity index (χ4v) is 3.86. The lowest BCUT2D eigenvalue weighted by atomic mass is 10.2. The first-order chi connectivity index (χ1) is 15.1. The Kier molecular flexibility index (Phi) is 6.74. The summed E-state index contributed by atoms with van der Waals surface area (Å²) in [6, 6.07) is 32.2. The molecule has 0 aliphatic rings. The van der Waals surface area contributed by atoms with Crippen LogP contribution in [0.2, 0.25) is 0 Å². The molecule has 3 aromatic carbocycles. The number of hydrogen-bond acceptors (Lipinski definition) is 3. The molecule has 0 fully saturated rings. The van der Waals surface area contributed by atoms with Crippen molar-refractivity contribution in [1.29, 1.82) is 0 Å². The SMILES string of the molecule is [O-][Br+2]([O-])[O-].c1ccc(Cn2c3ccccc3c3cc[n+](Cc4ccccc4)cc32)cc1. The molecule has 2 heterocycles. The number of para-hydroxylation sites is 1. The van der Waals surface area contributed by atoms with Gasteiger partial charge in [-0.15, -0.1) is 0 Å². The summed E-state index contributed by atoms with van der Waals surface area (Å²) < 4.78 is 30.3. The highest BCUT2D eigenvalue weighted by atomic mass is 80.0. The summed E-state index contributed by atoms with van der Waals surface area (Å²) in [4.78, 5) is 0. The summed E-state index contributed by atoms with van der Waals surface area (Å²) >= 11 is -3.65. The van der Waals surface area contributed by atoms with Crippen LogP contribution in [-0.4, -0.2) is 4.57 Å². The number of pyridine rings is 1. The Balaban J connectivity index is 0.000000535. The Bertz CT molecular complexity index is 1270. The lowest BCUT2D eigenvalue weighted by molar-refractivity contribution is -1.73. The molecule has 31 heavy (non-hydrogen) atoms. The number of rotatable bonds is 4. The molecule has 0 saturated heterocycles. The van der Waals surface area contributed by atoms with Crippen LogP contribution in [0.5, 0.6) is 0 Å². The van der Waals surface area contributed by atoms with Crippen molar-refractivity contribution in [2.24, 2.45) is 0 Å². The summed E-state index contributed by atoms with van der Waals surface area (Å²) in [5.41, 5.74) is 5.19. The maximum absolute atomic E-state index is 8.52. The maximum Gasteiger partial charge on any atom is 0.216 e. The van der Waals surface area contributed by atoms with Crippen LogP contribution in [-0.2, 0) is 13.1 Å². The zero-order chi connectivity index (χ0) is 21.6. The van der Waals surface area contributed by atoms with Crippen molar-refractivity contribution in [3.63, 3.8) is 0 Å². The Morgan fingerprint density at radius 2 is 1.19 bits per heavy atom. The molecule has 0 N–H and O–H groups in total. The molecule has 0 aliphatic heterocycles. The molecule has 0 amide bonds.